The van der Waals surface area contributed by atoms with E-state index in [0.29, 0.717) is 15.7 Å². The van der Waals surface area contributed by atoms with E-state index < -0.39 is 11.3 Å². The lowest BCUT2D eigenvalue weighted by Gasteiger charge is -2.25. The van der Waals surface area contributed by atoms with Crippen LogP contribution in [0.2, 0.25) is 10.0 Å². The minimum absolute atomic E-state index is 0.179. The Morgan fingerprint density at radius 3 is 2.36 bits per heavy atom. The molecule has 2 rings (SSSR count). The Hall–Kier alpha value is -1.26. The second kappa shape index (κ2) is 6.88. The monoisotopic (exact) mass is 342 g/mol. The summed E-state index contributed by atoms with van der Waals surface area (Å²) in [6.07, 6.45) is 4.20. The Morgan fingerprint density at radius 1 is 1.14 bits per heavy atom. The van der Waals surface area contributed by atoms with Gasteiger partial charge in [0.2, 0.25) is 11.8 Å². The normalized spacial score (nSPS) is 15.6. The zero-order chi connectivity index (χ0) is 16.3. The molecule has 1 fully saturated rings. The third kappa shape index (κ3) is 3.93. The zero-order valence-corrected chi connectivity index (χ0v) is 14.2. The molecule has 0 spiro atoms. The average Bonchev–Trinajstić information content (AvgIpc) is 2.94. The number of halogens is 2. The molecule has 0 heterocycles. The maximum absolute atomic E-state index is 12.4. The number of carbonyl (C=O) groups excluding carboxylic acids is 2. The quantitative estimate of drug-likeness (QED) is 0.812. The third-order valence-corrected chi connectivity index (χ3v) is 4.55. The third-order valence-electron chi connectivity index (χ3n) is 4.01. The van der Waals surface area contributed by atoms with Crippen LogP contribution in [-0.4, -0.2) is 17.9 Å². The summed E-state index contributed by atoms with van der Waals surface area (Å²) in [5, 5.41) is 6.48. The smallest absolute Gasteiger partial charge is 0.239 e. The van der Waals surface area contributed by atoms with Crippen molar-refractivity contribution < 1.29 is 9.59 Å². The first-order valence-electron chi connectivity index (χ1n) is 7.38. The first kappa shape index (κ1) is 17.1. The van der Waals surface area contributed by atoms with Gasteiger partial charge in [-0.15, -0.1) is 0 Å². The molecule has 2 N–H and O–H groups in total. The molecule has 0 saturated heterocycles. The van der Waals surface area contributed by atoms with E-state index >= 15 is 0 Å². The van der Waals surface area contributed by atoms with Gasteiger partial charge in [-0.05, 0) is 44.9 Å². The van der Waals surface area contributed by atoms with Gasteiger partial charge >= 0.3 is 0 Å². The Labute approximate surface area is 140 Å². The SMILES string of the molecule is CC(C)(C(=O)Nc1ccc(Cl)cc1Cl)C(=O)NC1CCCC1. The average molecular weight is 343 g/mol. The standard InChI is InChI=1S/C16H20Cl2N2O2/c1-16(2,14(21)19-11-5-3-4-6-11)15(22)20-13-8-7-10(17)9-12(13)18/h7-9,11H,3-6H2,1-2H3,(H,19,21)(H,20,22). The molecule has 6 heteroatoms. The van der Waals surface area contributed by atoms with Crippen LogP contribution in [0.3, 0.4) is 0 Å². The van der Waals surface area contributed by atoms with Gasteiger partial charge in [-0.25, -0.2) is 0 Å². The number of rotatable bonds is 4. The number of amides is 2. The van der Waals surface area contributed by atoms with E-state index in [9.17, 15) is 9.59 Å². The predicted molar refractivity (Wildman–Crippen MR) is 89.3 cm³/mol. The van der Waals surface area contributed by atoms with Crippen molar-refractivity contribution in [3.63, 3.8) is 0 Å². The highest BCUT2D eigenvalue weighted by atomic mass is 35.5. The van der Waals surface area contributed by atoms with Crippen molar-refractivity contribution in [1.82, 2.24) is 5.32 Å². The molecule has 0 unspecified atom stereocenters. The Morgan fingerprint density at radius 2 is 1.77 bits per heavy atom. The van der Waals surface area contributed by atoms with Gasteiger partial charge in [0.1, 0.15) is 5.41 Å². The predicted octanol–water partition coefficient (Wildman–Crippen LogP) is 4.02. The van der Waals surface area contributed by atoms with E-state index in [2.05, 4.69) is 10.6 Å². The van der Waals surface area contributed by atoms with Gasteiger partial charge in [0.15, 0.2) is 0 Å². The molecule has 0 aliphatic heterocycles. The number of benzene rings is 1. The summed E-state index contributed by atoms with van der Waals surface area (Å²) in [6.45, 7) is 3.22. The lowest BCUT2D eigenvalue weighted by Crippen LogP contribution is -2.48. The van der Waals surface area contributed by atoms with Crippen LogP contribution in [0.1, 0.15) is 39.5 Å². The molecular formula is C16H20Cl2N2O2. The second-order valence-electron chi connectivity index (χ2n) is 6.16. The van der Waals surface area contributed by atoms with E-state index in [1.807, 2.05) is 0 Å². The fraction of sp³-hybridized carbons (Fsp3) is 0.500. The fourth-order valence-electron chi connectivity index (χ4n) is 2.41. The van der Waals surface area contributed by atoms with Crippen LogP contribution < -0.4 is 10.6 Å². The molecule has 120 valence electrons. The molecule has 1 saturated carbocycles. The molecule has 2 amide bonds. The van der Waals surface area contributed by atoms with E-state index in [0.717, 1.165) is 25.7 Å². The van der Waals surface area contributed by atoms with Crippen molar-refractivity contribution in [3.05, 3.63) is 28.2 Å². The molecule has 0 aromatic heterocycles. The molecule has 22 heavy (non-hydrogen) atoms. The molecule has 1 aliphatic carbocycles. The molecule has 4 nitrogen and oxygen atoms in total. The summed E-state index contributed by atoms with van der Waals surface area (Å²) < 4.78 is 0. The molecule has 0 radical (unpaired) electrons. The highest BCUT2D eigenvalue weighted by molar-refractivity contribution is 6.36. The van der Waals surface area contributed by atoms with Crippen LogP contribution in [0.15, 0.2) is 18.2 Å². The topological polar surface area (TPSA) is 58.2 Å². The first-order valence-corrected chi connectivity index (χ1v) is 8.14. The number of nitrogens with one attached hydrogen (secondary N) is 2. The molecule has 1 aromatic rings. The van der Waals surface area contributed by atoms with Crippen molar-refractivity contribution in [2.75, 3.05) is 5.32 Å². The largest absolute Gasteiger partial charge is 0.352 e. The van der Waals surface area contributed by atoms with Gasteiger partial charge in [-0.2, -0.15) is 0 Å². The molecule has 0 atom stereocenters. The summed E-state index contributed by atoms with van der Waals surface area (Å²) in [7, 11) is 0. The summed E-state index contributed by atoms with van der Waals surface area (Å²) in [6, 6.07) is 4.98. The second-order valence-corrected chi connectivity index (χ2v) is 7.00. The maximum Gasteiger partial charge on any atom is 0.239 e. The van der Waals surface area contributed by atoms with Crippen LogP contribution in [0.25, 0.3) is 0 Å². The summed E-state index contributed by atoms with van der Waals surface area (Å²) in [4.78, 5) is 24.8. The molecule has 1 aromatic carbocycles. The number of hydrogen-bond donors (Lipinski definition) is 2. The first-order chi connectivity index (χ1) is 10.3. The Bertz CT molecular complexity index is 582. The minimum Gasteiger partial charge on any atom is -0.352 e. The Kier molecular flexibility index (Phi) is 5.35. The van der Waals surface area contributed by atoms with Gasteiger partial charge in [-0.3, -0.25) is 9.59 Å². The van der Waals surface area contributed by atoms with Crippen LogP contribution in [-0.2, 0) is 9.59 Å². The van der Waals surface area contributed by atoms with Crippen molar-refractivity contribution in [2.45, 2.75) is 45.6 Å². The van der Waals surface area contributed by atoms with Crippen molar-refractivity contribution in [3.8, 4) is 0 Å². The van der Waals surface area contributed by atoms with E-state index in [-0.39, 0.29) is 11.9 Å². The Balaban J connectivity index is 2.04. The zero-order valence-electron chi connectivity index (χ0n) is 12.7. The van der Waals surface area contributed by atoms with Gasteiger partial charge < -0.3 is 10.6 Å². The van der Waals surface area contributed by atoms with Gasteiger partial charge in [0.05, 0.1) is 10.7 Å². The summed E-state index contributed by atoms with van der Waals surface area (Å²) in [5.41, 5.74) is -0.733. The summed E-state index contributed by atoms with van der Waals surface area (Å²) in [5.74, 6) is -0.658. The van der Waals surface area contributed by atoms with Crippen LogP contribution >= 0.6 is 23.2 Å². The van der Waals surface area contributed by atoms with Crippen LogP contribution in [0.5, 0.6) is 0 Å². The van der Waals surface area contributed by atoms with E-state index in [1.165, 1.54) is 0 Å². The molecular weight excluding hydrogens is 323 g/mol. The highest BCUT2D eigenvalue weighted by Crippen LogP contribution is 2.28. The number of hydrogen-bond acceptors (Lipinski definition) is 2. The van der Waals surface area contributed by atoms with Crippen molar-refractivity contribution >= 4 is 40.7 Å². The lowest BCUT2D eigenvalue weighted by molar-refractivity contribution is -0.138. The fourth-order valence-corrected chi connectivity index (χ4v) is 2.86. The molecule has 1 aliphatic rings. The lowest BCUT2D eigenvalue weighted by atomic mass is 9.90. The highest BCUT2D eigenvalue weighted by Gasteiger charge is 2.37. The summed E-state index contributed by atoms with van der Waals surface area (Å²) >= 11 is 11.9. The van der Waals surface area contributed by atoms with Gasteiger partial charge in [-0.1, -0.05) is 36.0 Å². The molecule has 0 bridgehead atoms. The van der Waals surface area contributed by atoms with Crippen molar-refractivity contribution in [2.24, 2.45) is 5.41 Å². The minimum atomic E-state index is -1.18. The number of anilines is 1. The van der Waals surface area contributed by atoms with Crippen LogP contribution in [0, 0.1) is 5.41 Å². The number of carbonyl (C=O) groups is 2. The van der Waals surface area contributed by atoms with E-state index in [4.69, 9.17) is 23.2 Å². The van der Waals surface area contributed by atoms with Gasteiger partial charge in [0, 0.05) is 11.1 Å². The van der Waals surface area contributed by atoms with Crippen molar-refractivity contribution in [1.29, 1.82) is 0 Å². The van der Waals surface area contributed by atoms with E-state index in [1.54, 1.807) is 32.0 Å². The van der Waals surface area contributed by atoms with Crippen LogP contribution in [0.4, 0.5) is 5.69 Å². The van der Waals surface area contributed by atoms with Gasteiger partial charge in [0.25, 0.3) is 0 Å². The maximum atomic E-state index is 12.4.